The number of carbonyl (C=O) groups is 2. The van der Waals surface area contributed by atoms with Gasteiger partial charge in [-0.3, -0.25) is 19.7 Å². The minimum Gasteiger partial charge on any atom is -0.426 e. The summed E-state index contributed by atoms with van der Waals surface area (Å²) < 4.78 is 9.74. The van der Waals surface area contributed by atoms with Crippen molar-refractivity contribution < 1.29 is 24.0 Å². The number of benzene rings is 1. The number of hydrogen-bond donors (Lipinski definition) is 0. The molecule has 0 bridgehead atoms. The van der Waals surface area contributed by atoms with Crippen molar-refractivity contribution in [3.05, 3.63) is 28.3 Å². The number of nitro benzene ring substituents is 1. The van der Waals surface area contributed by atoms with Crippen molar-refractivity contribution in [1.82, 2.24) is 0 Å². The third-order valence-corrected chi connectivity index (χ3v) is 2.16. The first-order valence-electron chi connectivity index (χ1n) is 5.67. The van der Waals surface area contributed by atoms with Crippen molar-refractivity contribution in [2.75, 3.05) is 0 Å². The maximum Gasteiger partial charge on any atom is 0.311 e. The van der Waals surface area contributed by atoms with Crippen LogP contribution in [0.3, 0.4) is 0 Å². The maximum atomic E-state index is 11.2. The summed E-state index contributed by atoms with van der Waals surface area (Å²) >= 11 is 0. The molecule has 0 saturated heterocycles. The van der Waals surface area contributed by atoms with Crippen LogP contribution in [-0.2, 0) is 9.59 Å². The molecule has 0 aliphatic rings. The summed E-state index contributed by atoms with van der Waals surface area (Å²) in [5.41, 5.74) is -0.363. The summed E-state index contributed by atoms with van der Waals surface area (Å²) in [6.07, 6.45) is 0.247. The van der Waals surface area contributed by atoms with Crippen LogP contribution in [0.2, 0.25) is 0 Å². The Morgan fingerprint density at radius 3 is 2.26 bits per heavy atom. The second kappa shape index (κ2) is 6.48. The van der Waals surface area contributed by atoms with Crippen LogP contribution in [0.1, 0.15) is 26.7 Å². The van der Waals surface area contributed by atoms with Crippen molar-refractivity contribution in [3.63, 3.8) is 0 Å². The van der Waals surface area contributed by atoms with Gasteiger partial charge in [-0.2, -0.15) is 0 Å². The van der Waals surface area contributed by atoms with Crippen LogP contribution >= 0.6 is 0 Å². The number of rotatable bonds is 5. The highest BCUT2D eigenvalue weighted by molar-refractivity contribution is 5.75. The van der Waals surface area contributed by atoms with E-state index in [0.717, 1.165) is 12.1 Å². The van der Waals surface area contributed by atoms with Gasteiger partial charge in [-0.05, 0) is 6.07 Å². The zero-order chi connectivity index (χ0) is 14.4. The molecule has 19 heavy (non-hydrogen) atoms. The lowest BCUT2D eigenvalue weighted by atomic mass is 10.2. The van der Waals surface area contributed by atoms with Gasteiger partial charge in [-0.15, -0.1) is 0 Å². The average Bonchev–Trinajstić information content (AvgIpc) is 2.38. The fraction of sp³-hybridized carbons (Fsp3) is 0.333. The summed E-state index contributed by atoms with van der Waals surface area (Å²) in [4.78, 5) is 32.4. The van der Waals surface area contributed by atoms with Gasteiger partial charge >= 0.3 is 17.6 Å². The predicted octanol–water partition coefficient (Wildman–Crippen LogP) is 2.23. The number of ether oxygens (including phenoxy) is 2. The summed E-state index contributed by atoms with van der Waals surface area (Å²) in [7, 11) is 0. The molecule has 0 fully saturated rings. The molecule has 0 radical (unpaired) electrons. The van der Waals surface area contributed by atoms with Gasteiger partial charge in [0.25, 0.3) is 0 Å². The van der Waals surface area contributed by atoms with Crippen LogP contribution in [0.4, 0.5) is 5.69 Å². The Labute approximate surface area is 109 Å². The summed E-state index contributed by atoms with van der Waals surface area (Å²) in [6, 6.07) is 3.55. The quantitative estimate of drug-likeness (QED) is 0.351. The molecule has 0 spiro atoms. The maximum absolute atomic E-state index is 11.2. The molecule has 102 valence electrons. The molecule has 0 aliphatic heterocycles. The van der Waals surface area contributed by atoms with E-state index < -0.39 is 16.9 Å². The molecule has 0 heterocycles. The van der Waals surface area contributed by atoms with Crippen molar-refractivity contribution in [1.29, 1.82) is 0 Å². The first-order chi connectivity index (χ1) is 8.97. The molecule has 1 aromatic carbocycles. The average molecular weight is 267 g/mol. The van der Waals surface area contributed by atoms with E-state index in [-0.39, 0.29) is 30.0 Å². The first-order valence-corrected chi connectivity index (χ1v) is 5.67. The van der Waals surface area contributed by atoms with E-state index in [1.807, 2.05) is 0 Å². The van der Waals surface area contributed by atoms with Crippen LogP contribution < -0.4 is 9.47 Å². The highest BCUT2D eigenvalue weighted by atomic mass is 16.6. The Balaban J connectivity index is 3.07. The van der Waals surface area contributed by atoms with E-state index in [1.165, 1.54) is 6.07 Å². The molecule has 0 amide bonds. The summed E-state index contributed by atoms with van der Waals surface area (Å²) in [6.45, 7) is 3.18. The molecule has 0 saturated carbocycles. The van der Waals surface area contributed by atoms with Gasteiger partial charge in [0.15, 0.2) is 0 Å². The normalized spacial score (nSPS) is 9.79. The van der Waals surface area contributed by atoms with E-state index in [4.69, 9.17) is 9.47 Å². The van der Waals surface area contributed by atoms with Gasteiger partial charge in [-0.25, -0.2) is 0 Å². The molecule has 0 atom stereocenters. The number of carbonyl (C=O) groups excluding carboxylic acids is 2. The van der Waals surface area contributed by atoms with Gasteiger partial charge < -0.3 is 9.47 Å². The van der Waals surface area contributed by atoms with Crippen LogP contribution in [0.15, 0.2) is 18.2 Å². The van der Waals surface area contributed by atoms with E-state index >= 15 is 0 Å². The Morgan fingerprint density at radius 2 is 1.74 bits per heavy atom. The van der Waals surface area contributed by atoms with Gasteiger partial charge in [0.2, 0.25) is 5.75 Å². The Bertz CT molecular complexity index is 511. The monoisotopic (exact) mass is 267 g/mol. The number of nitrogens with zero attached hydrogens (tertiary/aromatic N) is 1. The highest BCUT2D eigenvalue weighted by Crippen LogP contribution is 2.31. The number of esters is 2. The molecule has 0 unspecified atom stereocenters. The van der Waals surface area contributed by atoms with Gasteiger partial charge in [0.05, 0.1) is 4.92 Å². The minimum absolute atomic E-state index is 0.0795. The molecule has 1 rings (SSSR count). The molecule has 0 N–H and O–H groups in total. The van der Waals surface area contributed by atoms with Crippen molar-refractivity contribution >= 4 is 17.6 Å². The lowest BCUT2D eigenvalue weighted by Crippen LogP contribution is -2.09. The lowest BCUT2D eigenvalue weighted by molar-refractivity contribution is -0.385. The van der Waals surface area contributed by atoms with Crippen LogP contribution in [0, 0.1) is 10.1 Å². The number of hydrogen-bond acceptors (Lipinski definition) is 6. The van der Waals surface area contributed by atoms with E-state index in [2.05, 4.69) is 0 Å². The van der Waals surface area contributed by atoms with E-state index in [1.54, 1.807) is 13.8 Å². The molecule has 1 aromatic rings. The largest absolute Gasteiger partial charge is 0.426 e. The molecular formula is C12H13NO6. The van der Waals surface area contributed by atoms with Crippen LogP contribution in [0.25, 0.3) is 0 Å². The number of nitro groups is 1. The topological polar surface area (TPSA) is 95.7 Å². The Morgan fingerprint density at radius 1 is 1.16 bits per heavy atom. The standard InChI is InChI=1S/C12H13NO6/c1-3-11(14)18-8-5-6-9(13(16)17)10(7-8)19-12(15)4-2/h5-7H,3-4H2,1-2H3. The van der Waals surface area contributed by atoms with Crippen molar-refractivity contribution in [3.8, 4) is 11.5 Å². The van der Waals surface area contributed by atoms with Gasteiger partial charge in [-0.1, -0.05) is 13.8 Å². The summed E-state index contributed by atoms with van der Waals surface area (Å²) in [5, 5.41) is 10.8. The molecule has 7 heteroatoms. The molecule has 7 nitrogen and oxygen atoms in total. The third kappa shape index (κ3) is 4.06. The lowest BCUT2D eigenvalue weighted by Gasteiger charge is -2.07. The zero-order valence-corrected chi connectivity index (χ0v) is 10.5. The Kier molecular flexibility index (Phi) is 4.99. The predicted molar refractivity (Wildman–Crippen MR) is 64.9 cm³/mol. The second-order valence-corrected chi connectivity index (χ2v) is 3.54. The highest BCUT2D eigenvalue weighted by Gasteiger charge is 2.19. The van der Waals surface area contributed by atoms with E-state index in [0.29, 0.717) is 0 Å². The fourth-order valence-corrected chi connectivity index (χ4v) is 1.19. The molecule has 0 aromatic heterocycles. The summed E-state index contributed by atoms with van der Waals surface area (Å²) in [5.74, 6) is -1.24. The molecular weight excluding hydrogens is 254 g/mol. The van der Waals surface area contributed by atoms with E-state index in [9.17, 15) is 19.7 Å². The third-order valence-electron chi connectivity index (χ3n) is 2.16. The smallest absolute Gasteiger partial charge is 0.311 e. The first kappa shape index (κ1) is 14.6. The van der Waals surface area contributed by atoms with Crippen molar-refractivity contribution in [2.45, 2.75) is 26.7 Å². The van der Waals surface area contributed by atoms with Crippen molar-refractivity contribution in [2.24, 2.45) is 0 Å². The van der Waals surface area contributed by atoms with Gasteiger partial charge in [0, 0.05) is 25.0 Å². The van der Waals surface area contributed by atoms with Crippen LogP contribution in [0.5, 0.6) is 11.5 Å². The Hall–Kier alpha value is -2.44. The van der Waals surface area contributed by atoms with Crippen LogP contribution in [-0.4, -0.2) is 16.9 Å². The molecule has 0 aliphatic carbocycles. The minimum atomic E-state index is -0.677. The SMILES string of the molecule is CCC(=O)Oc1ccc([N+](=O)[O-])c(OC(=O)CC)c1. The second-order valence-electron chi connectivity index (χ2n) is 3.54. The fourth-order valence-electron chi connectivity index (χ4n) is 1.19. The van der Waals surface area contributed by atoms with Gasteiger partial charge in [0.1, 0.15) is 5.75 Å². The zero-order valence-electron chi connectivity index (χ0n) is 10.5.